The molecule has 0 aliphatic rings. The summed E-state index contributed by atoms with van der Waals surface area (Å²) in [6, 6.07) is 7.52. The molecule has 0 aliphatic carbocycles. The Morgan fingerprint density at radius 2 is 2.11 bits per heavy atom. The van der Waals surface area contributed by atoms with Gasteiger partial charge in [0.05, 0.1) is 18.7 Å². The van der Waals surface area contributed by atoms with Crippen LogP contribution in [0.15, 0.2) is 24.3 Å². The molecule has 0 radical (unpaired) electrons. The van der Waals surface area contributed by atoms with E-state index in [2.05, 4.69) is 5.32 Å². The second-order valence-electron chi connectivity index (χ2n) is 5.10. The van der Waals surface area contributed by atoms with Gasteiger partial charge in [-0.15, -0.1) is 0 Å². The Labute approximate surface area is 115 Å². The van der Waals surface area contributed by atoms with E-state index in [9.17, 15) is 4.79 Å². The highest BCUT2D eigenvalue weighted by atomic mass is 16.5. The molecule has 106 valence electrons. The van der Waals surface area contributed by atoms with Crippen molar-refractivity contribution in [2.75, 3.05) is 7.11 Å². The lowest BCUT2D eigenvalue weighted by molar-refractivity contribution is -0.126. The molecular weight excluding hydrogens is 240 g/mol. The first kappa shape index (κ1) is 15.5. The Balaban J connectivity index is 2.79. The maximum atomic E-state index is 12.2. The molecule has 3 N–H and O–H groups in total. The number of carbonyl (C=O) groups is 1. The Bertz CT molecular complexity index is 430. The molecule has 1 amide bonds. The van der Waals surface area contributed by atoms with Gasteiger partial charge in [0, 0.05) is 5.56 Å². The fourth-order valence-corrected chi connectivity index (χ4v) is 2.10. The maximum absolute atomic E-state index is 12.2. The number of nitrogens with one attached hydrogen (secondary N) is 1. The molecule has 0 saturated heterocycles. The quantitative estimate of drug-likeness (QED) is 0.829. The molecule has 2 atom stereocenters. The van der Waals surface area contributed by atoms with E-state index in [-0.39, 0.29) is 11.9 Å². The van der Waals surface area contributed by atoms with Gasteiger partial charge < -0.3 is 15.8 Å². The lowest BCUT2D eigenvalue weighted by Gasteiger charge is -2.26. The summed E-state index contributed by atoms with van der Waals surface area (Å²) in [5.74, 6) is 0.636. The number of carbonyl (C=O) groups excluding carboxylic acids is 1. The Hall–Kier alpha value is -1.55. The predicted molar refractivity (Wildman–Crippen MR) is 77.1 cm³/mol. The van der Waals surface area contributed by atoms with Gasteiger partial charge in [0.2, 0.25) is 5.91 Å². The highest BCUT2D eigenvalue weighted by Crippen LogP contribution is 2.24. The highest BCUT2D eigenvalue weighted by molar-refractivity contribution is 5.85. The van der Waals surface area contributed by atoms with Crippen molar-refractivity contribution in [2.45, 2.75) is 45.2 Å². The number of ether oxygens (including phenoxy) is 1. The van der Waals surface area contributed by atoms with E-state index in [4.69, 9.17) is 10.5 Å². The summed E-state index contributed by atoms with van der Waals surface area (Å²) in [4.78, 5) is 12.2. The minimum atomic E-state index is -0.828. The van der Waals surface area contributed by atoms with Gasteiger partial charge in [-0.05, 0) is 26.3 Å². The van der Waals surface area contributed by atoms with E-state index in [1.54, 1.807) is 14.0 Å². The second kappa shape index (κ2) is 6.57. The van der Waals surface area contributed by atoms with Crippen LogP contribution in [-0.4, -0.2) is 18.6 Å². The van der Waals surface area contributed by atoms with Crippen molar-refractivity contribution in [3.8, 4) is 5.75 Å². The van der Waals surface area contributed by atoms with Gasteiger partial charge in [-0.1, -0.05) is 31.5 Å². The number of amides is 1. The van der Waals surface area contributed by atoms with Gasteiger partial charge >= 0.3 is 0 Å². The van der Waals surface area contributed by atoms with Crippen LogP contribution in [0.2, 0.25) is 0 Å². The largest absolute Gasteiger partial charge is 0.496 e. The first-order valence-corrected chi connectivity index (χ1v) is 6.65. The first-order valence-electron chi connectivity index (χ1n) is 6.65. The third kappa shape index (κ3) is 3.96. The topological polar surface area (TPSA) is 64.4 Å². The third-order valence-corrected chi connectivity index (χ3v) is 3.24. The Kier molecular flexibility index (Phi) is 5.36. The third-order valence-electron chi connectivity index (χ3n) is 3.24. The number of hydrogen-bond acceptors (Lipinski definition) is 3. The van der Waals surface area contributed by atoms with Crippen LogP contribution in [0.4, 0.5) is 0 Å². The van der Waals surface area contributed by atoms with Gasteiger partial charge in [-0.25, -0.2) is 0 Å². The molecule has 19 heavy (non-hydrogen) atoms. The van der Waals surface area contributed by atoms with Crippen molar-refractivity contribution >= 4 is 5.91 Å². The van der Waals surface area contributed by atoms with Crippen LogP contribution in [-0.2, 0) is 4.79 Å². The second-order valence-corrected chi connectivity index (χ2v) is 5.10. The van der Waals surface area contributed by atoms with E-state index in [0.717, 1.165) is 17.7 Å². The molecular formula is C15H24N2O2. The molecule has 0 bridgehead atoms. The molecule has 0 spiro atoms. The van der Waals surface area contributed by atoms with Crippen molar-refractivity contribution in [1.82, 2.24) is 5.32 Å². The van der Waals surface area contributed by atoms with Gasteiger partial charge in [0.1, 0.15) is 5.75 Å². The molecule has 0 aromatic heterocycles. The first-order chi connectivity index (χ1) is 8.92. The van der Waals surface area contributed by atoms with Gasteiger partial charge in [0.25, 0.3) is 0 Å². The summed E-state index contributed by atoms with van der Waals surface area (Å²) in [5.41, 5.74) is 6.15. The fourth-order valence-electron chi connectivity index (χ4n) is 2.10. The molecule has 2 unspecified atom stereocenters. The van der Waals surface area contributed by atoms with E-state index in [1.165, 1.54) is 0 Å². The molecule has 0 saturated carbocycles. The smallest absolute Gasteiger partial charge is 0.240 e. The number of hydrogen-bond donors (Lipinski definition) is 2. The van der Waals surface area contributed by atoms with Crippen molar-refractivity contribution in [2.24, 2.45) is 5.73 Å². The molecule has 1 rings (SSSR count). The zero-order chi connectivity index (χ0) is 14.5. The monoisotopic (exact) mass is 264 g/mol. The minimum absolute atomic E-state index is 0.132. The van der Waals surface area contributed by atoms with Crippen LogP contribution in [0.3, 0.4) is 0 Å². The summed E-state index contributed by atoms with van der Waals surface area (Å²) in [6.07, 6.45) is 1.54. The van der Waals surface area contributed by atoms with Gasteiger partial charge in [-0.3, -0.25) is 4.79 Å². The van der Waals surface area contributed by atoms with E-state index in [0.29, 0.717) is 6.42 Å². The van der Waals surface area contributed by atoms with Gasteiger partial charge in [0.15, 0.2) is 0 Å². The molecule has 0 heterocycles. The summed E-state index contributed by atoms with van der Waals surface area (Å²) in [6.45, 7) is 5.71. The number of nitrogens with two attached hydrogens (primary N) is 1. The van der Waals surface area contributed by atoms with Crippen molar-refractivity contribution < 1.29 is 9.53 Å². The van der Waals surface area contributed by atoms with E-state index >= 15 is 0 Å². The predicted octanol–water partition coefficient (Wildman–Crippen LogP) is 2.39. The van der Waals surface area contributed by atoms with Crippen LogP contribution in [0.25, 0.3) is 0 Å². The molecule has 4 nitrogen and oxygen atoms in total. The number of rotatable bonds is 6. The summed E-state index contributed by atoms with van der Waals surface area (Å²) in [7, 11) is 1.62. The zero-order valence-electron chi connectivity index (χ0n) is 12.2. The average molecular weight is 264 g/mol. The van der Waals surface area contributed by atoms with E-state index < -0.39 is 5.54 Å². The van der Waals surface area contributed by atoms with Crippen LogP contribution in [0, 0.1) is 0 Å². The fraction of sp³-hybridized carbons (Fsp3) is 0.533. The van der Waals surface area contributed by atoms with Crippen LogP contribution in [0.5, 0.6) is 5.75 Å². The maximum Gasteiger partial charge on any atom is 0.240 e. The van der Waals surface area contributed by atoms with Crippen LogP contribution < -0.4 is 15.8 Å². The van der Waals surface area contributed by atoms with Crippen LogP contribution in [0.1, 0.15) is 45.2 Å². The van der Waals surface area contributed by atoms with Crippen molar-refractivity contribution in [3.05, 3.63) is 29.8 Å². The van der Waals surface area contributed by atoms with E-state index in [1.807, 2.05) is 38.1 Å². The van der Waals surface area contributed by atoms with Crippen molar-refractivity contribution in [3.63, 3.8) is 0 Å². The van der Waals surface area contributed by atoms with Crippen LogP contribution >= 0.6 is 0 Å². The number of methoxy groups -OCH3 is 1. The molecule has 0 fully saturated rings. The normalized spacial score (nSPS) is 15.4. The number of benzene rings is 1. The summed E-state index contributed by atoms with van der Waals surface area (Å²) < 4.78 is 5.30. The number of para-hydroxylation sites is 1. The Morgan fingerprint density at radius 1 is 1.47 bits per heavy atom. The SMILES string of the molecule is CCCC(C)(N)C(=O)NC(C)c1ccccc1OC. The van der Waals surface area contributed by atoms with Crippen molar-refractivity contribution in [1.29, 1.82) is 0 Å². The highest BCUT2D eigenvalue weighted by Gasteiger charge is 2.28. The molecule has 1 aromatic carbocycles. The Morgan fingerprint density at radius 3 is 2.68 bits per heavy atom. The zero-order valence-corrected chi connectivity index (χ0v) is 12.2. The lowest BCUT2D eigenvalue weighted by Crippen LogP contribution is -2.52. The standard InChI is InChI=1S/C15H24N2O2/c1-5-10-15(3,16)14(18)17-11(2)12-8-6-7-9-13(12)19-4/h6-9,11H,5,10,16H2,1-4H3,(H,17,18). The summed E-state index contributed by atoms with van der Waals surface area (Å²) >= 11 is 0. The summed E-state index contributed by atoms with van der Waals surface area (Å²) in [5, 5.41) is 2.95. The molecule has 1 aromatic rings. The molecule has 4 heteroatoms. The molecule has 0 aliphatic heterocycles. The lowest BCUT2D eigenvalue weighted by atomic mass is 9.95. The minimum Gasteiger partial charge on any atom is -0.496 e. The van der Waals surface area contributed by atoms with Gasteiger partial charge in [-0.2, -0.15) is 0 Å². The average Bonchev–Trinajstić information content (AvgIpc) is 2.38.